The Kier molecular flexibility index (Phi) is 14.0. The van der Waals surface area contributed by atoms with Crippen LogP contribution >= 0.6 is 0 Å². The summed E-state index contributed by atoms with van der Waals surface area (Å²) < 4.78 is 5.39. The SMILES string of the molecule is C#CCOc1ccc(/C=C(\C)C(=O)Cc2ccc(C(=O)CC(CC3(C)N=N3)C(=O)Nc3ccc(C(=O)Nc4ccc(C(=O)Nc5ccc(C(=O)O)c(O)c5C)c(O)c4C)cc3)cc2)cc1. The van der Waals surface area contributed by atoms with E-state index in [0.717, 1.165) is 17.2 Å². The predicted octanol–water partition coefficient (Wildman–Crippen LogP) is 8.54. The predicted molar refractivity (Wildman–Crippen MR) is 244 cm³/mol. The Morgan fingerprint density at radius 1 is 0.754 bits per heavy atom. The van der Waals surface area contributed by atoms with Crippen molar-refractivity contribution in [1.82, 2.24) is 0 Å². The first kappa shape index (κ1) is 46.1. The molecule has 3 amide bonds. The summed E-state index contributed by atoms with van der Waals surface area (Å²) >= 11 is 0. The lowest BCUT2D eigenvalue weighted by molar-refractivity contribution is -0.120. The molecule has 1 heterocycles. The summed E-state index contributed by atoms with van der Waals surface area (Å²) in [4.78, 5) is 77.7. The smallest absolute Gasteiger partial charge is 0.339 e. The van der Waals surface area contributed by atoms with E-state index < -0.39 is 46.8 Å². The number of carboxylic acids is 1. The zero-order valence-electron chi connectivity index (χ0n) is 35.9. The highest BCUT2D eigenvalue weighted by molar-refractivity contribution is 6.09. The second kappa shape index (κ2) is 19.8. The van der Waals surface area contributed by atoms with Crippen LogP contribution in [0.3, 0.4) is 0 Å². The number of hydrogen-bond donors (Lipinski definition) is 6. The van der Waals surface area contributed by atoms with E-state index in [2.05, 4.69) is 32.1 Å². The summed E-state index contributed by atoms with van der Waals surface area (Å²) in [6.45, 7) is 6.61. The quantitative estimate of drug-likeness (QED) is 0.0279. The number of phenolic OH excluding ortho intramolecular Hbond substituents is 1. The maximum atomic E-state index is 13.6. The zero-order chi connectivity index (χ0) is 47.0. The molecule has 15 heteroatoms. The number of ketones is 2. The van der Waals surface area contributed by atoms with Crippen LogP contribution in [0.25, 0.3) is 6.08 Å². The number of amides is 3. The molecule has 6 rings (SSSR count). The van der Waals surface area contributed by atoms with Crippen LogP contribution in [0.1, 0.15) is 90.4 Å². The number of allylic oxidation sites excluding steroid dienone is 1. The largest absolute Gasteiger partial charge is 0.507 e. The van der Waals surface area contributed by atoms with Crippen LogP contribution in [0, 0.1) is 32.1 Å². The summed E-state index contributed by atoms with van der Waals surface area (Å²) in [7, 11) is 0. The number of aromatic carboxylic acids is 1. The molecule has 15 nitrogen and oxygen atoms in total. The molecule has 0 aromatic heterocycles. The van der Waals surface area contributed by atoms with Crippen molar-refractivity contribution in [3.63, 3.8) is 0 Å². The Hall–Kier alpha value is -8.38. The first-order chi connectivity index (χ1) is 30.9. The Morgan fingerprint density at radius 2 is 1.32 bits per heavy atom. The van der Waals surface area contributed by atoms with Crippen LogP contribution in [-0.4, -0.2) is 62.8 Å². The third kappa shape index (κ3) is 11.6. The standard InChI is InChI=1S/C50H45N5O10/c1-6-23-65-37-17-9-31(10-18-37)24-28(2)42(56)25-32-7-11-33(12-8-32)43(57)26-35(27-50(5)54-55-50)47(61)51-36-15-13-34(14-16-36)46(60)52-40-21-19-38(44(58)29(40)3)48(62)53-41-22-20-39(49(63)64)45(59)30(41)4/h1,7-22,24,35,58-59H,23,25-27H2,2-5H3,(H,51,61)(H,52,60)(H,53,62)(H,63,64)/b28-24+. The van der Waals surface area contributed by atoms with Crippen LogP contribution < -0.4 is 20.7 Å². The van der Waals surface area contributed by atoms with Gasteiger partial charge in [0.25, 0.3) is 11.8 Å². The molecule has 1 aliphatic rings. The topological polar surface area (TPSA) is 233 Å². The normalized spacial score (nSPS) is 12.9. The molecular weight excluding hydrogens is 831 g/mol. The van der Waals surface area contributed by atoms with E-state index in [4.69, 9.17) is 11.2 Å². The number of terminal acetylenes is 1. The lowest BCUT2D eigenvalue weighted by Gasteiger charge is -2.18. The molecule has 330 valence electrons. The number of phenols is 2. The molecule has 0 spiro atoms. The summed E-state index contributed by atoms with van der Waals surface area (Å²) in [5.74, 6) is -2.08. The third-order valence-electron chi connectivity index (χ3n) is 10.8. The number of nitrogens with zero attached hydrogens (tertiary/aromatic N) is 2. The number of rotatable bonds is 18. The van der Waals surface area contributed by atoms with Crippen LogP contribution in [0.15, 0.2) is 113 Å². The second-order valence-corrected chi connectivity index (χ2v) is 15.7. The van der Waals surface area contributed by atoms with Crippen molar-refractivity contribution in [2.75, 3.05) is 22.6 Å². The van der Waals surface area contributed by atoms with Gasteiger partial charge in [0.1, 0.15) is 29.4 Å². The minimum atomic E-state index is -1.33. The molecule has 5 aromatic carbocycles. The second-order valence-electron chi connectivity index (χ2n) is 15.7. The van der Waals surface area contributed by atoms with Gasteiger partial charge in [-0.05, 0) is 111 Å². The summed E-state index contributed by atoms with van der Waals surface area (Å²) in [5.41, 5.74) is 2.50. The molecule has 1 aliphatic heterocycles. The first-order valence-electron chi connectivity index (χ1n) is 20.3. The van der Waals surface area contributed by atoms with E-state index in [1.807, 2.05) is 12.1 Å². The van der Waals surface area contributed by atoms with Crippen LogP contribution in [0.2, 0.25) is 0 Å². The molecule has 0 saturated heterocycles. The minimum absolute atomic E-state index is 0.0818. The van der Waals surface area contributed by atoms with E-state index in [1.54, 1.807) is 56.3 Å². The van der Waals surface area contributed by atoms with Crippen molar-refractivity contribution in [1.29, 1.82) is 0 Å². The van der Waals surface area contributed by atoms with Crippen LogP contribution in [0.5, 0.6) is 17.2 Å². The van der Waals surface area contributed by atoms with Crippen molar-refractivity contribution in [2.45, 2.75) is 52.6 Å². The molecule has 5 aromatic rings. The van der Waals surface area contributed by atoms with E-state index in [9.17, 15) is 44.1 Å². The Balaban J connectivity index is 1.04. The van der Waals surface area contributed by atoms with Gasteiger partial charge in [-0.15, -0.1) is 6.42 Å². The summed E-state index contributed by atoms with van der Waals surface area (Å²) in [6, 6.07) is 25.2. The first-order valence-corrected chi connectivity index (χ1v) is 20.3. The Bertz CT molecular complexity index is 2800. The van der Waals surface area contributed by atoms with Gasteiger partial charge in [0, 0.05) is 64.5 Å². The van der Waals surface area contributed by atoms with E-state index >= 15 is 0 Å². The summed E-state index contributed by atoms with van der Waals surface area (Å²) in [5, 5.41) is 46.5. The fourth-order valence-electron chi connectivity index (χ4n) is 6.84. The van der Waals surface area contributed by atoms with E-state index in [-0.39, 0.29) is 76.6 Å². The molecular formula is C50H45N5O10. The van der Waals surface area contributed by atoms with Crippen molar-refractivity contribution in [3.8, 4) is 29.6 Å². The molecule has 0 fully saturated rings. The van der Waals surface area contributed by atoms with Crippen LogP contribution in [-0.2, 0) is 16.0 Å². The maximum absolute atomic E-state index is 13.6. The summed E-state index contributed by atoms with van der Waals surface area (Å²) in [6.07, 6.45) is 7.22. The van der Waals surface area contributed by atoms with Gasteiger partial charge in [0.2, 0.25) is 5.91 Å². The van der Waals surface area contributed by atoms with Gasteiger partial charge < -0.3 is 36.0 Å². The van der Waals surface area contributed by atoms with E-state index in [0.29, 0.717) is 22.6 Å². The number of hydrogen-bond acceptors (Lipinski definition) is 11. The lowest BCUT2D eigenvalue weighted by Crippen LogP contribution is -2.29. The number of carboxylic acid groups (broad SMARTS) is 1. The van der Waals surface area contributed by atoms with Crippen molar-refractivity contribution >= 4 is 58.4 Å². The maximum Gasteiger partial charge on any atom is 0.339 e. The van der Waals surface area contributed by atoms with Gasteiger partial charge in [-0.25, -0.2) is 4.79 Å². The molecule has 65 heavy (non-hydrogen) atoms. The minimum Gasteiger partial charge on any atom is -0.507 e. The van der Waals surface area contributed by atoms with Crippen molar-refractivity contribution in [2.24, 2.45) is 16.1 Å². The van der Waals surface area contributed by atoms with Gasteiger partial charge in [-0.1, -0.05) is 42.3 Å². The number of carbonyl (C=O) groups excluding carboxylic acids is 5. The third-order valence-corrected chi connectivity index (χ3v) is 10.8. The number of Topliss-reactive ketones (excluding diaryl/α,β-unsaturated/α-hetero) is 2. The zero-order valence-corrected chi connectivity index (χ0v) is 35.9. The highest BCUT2D eigenvalue weighted by Gasteiger charge is 2.40. The monoisotopic (exact) mass is 875 g/mol. The lowest BCUT2D eigenvalue weighted by atomic mass is 9.90. The fourth-order valence-corrected chi connectivity index (χ4v) is 6.84. The van der Waals surface area contributed by atoms with Gasteiger partial charge in [0.05, 0.1) is 5.56 Å². The number of aromatic hydroxyl groups is 2. The molecule has 0 saturated carbocycles. The number of anilines is 3. The number of ether oxygens (including phenoxy) is 1. The Labute approximate surface area is 374 Å². The average Bonchev–Trinajstić information content (AvgIpc) is 4.02. The molecule has 0 bridgehead atoms. The van der Waals surface area contributed by atoms with Crippen molar-refractivity contribution < 1.29 is 48.8 Å². The van der Waals surface area contributed by atoms with Crippen molar-refractivity contribution in [3.05, 3.63) is 147 Å². The molecule has 0 radical (unpaired) electrons. The molecule has 6 N–H and O–H groups in total. The Morgan fingerprint density at radius 3 is 1.91 bits per heavy atom. The highest BCUT2D eigenvalue weighted by Crippen LogP contribution is 2.37. The fraction of sp³-hybridized carbons (Fsp3) is 0.200. The van der Waals surface area contributed by atoms with Crippen LogP contribution in [0.4, 0.5) is 17.1 Å². The van der Waals surface area contributed by atoms with Gasteiger partial charge in [0.15, 0.2) is 17.2 Å². The van der Waals surface area contributed by atoms with E-state index in [1.165, 1.54) is 56.3 Å². The highest BCUT2D eigenvalue weighted by atomic mass is 16.5. The van der Waals surface area contributed by atoms with Gasteiger partial charge in [-0.3, -0.25) is 24.0 Å². The molecule has 1 atom stereocenters. The number of carbonyl (C=O) groups is 6. The van der Waals surface area contributed by atoms with Gasteiger partial charge in [-0.2, -0.15) is 10.2 Å². The molecule has 1 unspecified atom stereocenters. The number of nitrogens with one attached hydrogen (secondary N) is 3. The molecule has 0 aliphatic carbocycles. The van der Waals surface area contributed by atoms with Gasteiger partial charge >= 0.3 is 5.97 Å². The number of benzene rings is 5. The average molecular weight is 876 g/mol.